The number of hydrogen-bond donors (Lipinski definition) is 4. The van der Waals surface area contributed by atoms with Gasteiger partial charge in [-0.1, -0.05) is 40.2 Å². The van der Waals surface area contributed by atoms with Crippen LogP contribution in [-0.4, -0.2) is 161 Å². The molecule has 21 heteroatoms. The van der Waals surface area contributed by atoms with Crippen molar-refractivity contribution in [3.8, 4) is 39.5 Å². The van der Waals surface area contributed by atoms with E-state index in [1.807, 2.05) is 38.0 Å². The van der Waals surface area contributed by atoms with Gasteiger partial charge in [0.1, 0.15) is 52.1 Å². The number of aromatic nitrogens is 6. The fraction of sp³-hybridized carbons (Fsp3) is 0.493. The van der Waals surface area contributed by atoms with E-state index in [1.165, 1.54) is 49.9 Å². The van der Waals surface area contributed by atoms with Gasteiger partial charge < -0.3 is 63.7 Å². The summed E-state index contributed by atoms with van der Waals surface area (Å²) in [4.78, 5) is 56.4. The molecule has 6 atom stereocenters. The lowest BCUT2D eigenvalue weighted by Gasteiger charge is -2.43. The van der Waals surface area contributed by atoms with Crippen LogP contribution in [0.25, 0.3) is 55.4 Å². The normalized spacial score (nSPS) is 22.9. The van der Waals surface area contributed by atoms with Gasteiger partial charge in [-0.2, -0.15) is 0 Å². The predicted molar refractivity (Wildman–Crippen MR) is 360 cm³/mol. The Balaban J connectivity index is 0.000000118. The first-order chi connectivity index (χ1) is 44.9. The number of carbonyl (C=O) groups excluding carboxylic acids is 3. The maximum Gasteiger partial charge on any atom is 0.220 e. The van der Waals surface area contributed by atoms with Gasteiger partial charge in [0.2, 0.25) is 17.7 Å². The quantitative estimate of drug-likeness (QED) is 0.0672. The summed E-state index contributed by atoms with van der Waals surface area (Å²) in [6, 6.07) is 32.6. The molecule has 17 rings (SSSR count). The lowest BCUT2D eigenvalue weighted by Crippen LogP contribution is -2.56. The fourth-order valence-corrected chi connectivity index (χ4v) is 14.5. The van der Waals surface area contributed by atoms with E-state index < -0.39 is 0 Å². The van der Waals surface area contributed by atoms with Crippen LogP contribution in [0.3, 0.4) is 0 Å². The average Bonchev–Trinajstić information content (AvgIpc) is 1.80. The summed E-state index contributed by atoms with van der Waals surface area (Å²) in [5, 5.41) is 12.2. The Kier molecular flexibility index (Phi) is 17.1. The molecule has 9 fully saturated rings. The third-order valence-corrected chi connectivity index (χ3v) is 20.8. The van der Waals surface area contributed by atoms with Crippen molar-refractivity contribution in [1.82, 2.24) is 54.8 Å². The number of hydrogen-bond acceptors (Lipinski definition) is 14. The zero-order chi connectivity index (χ0) is 62.6. The molecule has 4 N–H and O–H groups in total. The summed E-state index contributed by atoms with van der Waals surface area (Å²) in [6.45, 7) is 18.4. The zero-order valence-corrected chi connectivity index (χ0v) is 54.5. The highest BCUT2D eigenvalue weighted by Crippen LogP contribution is 2.45. The molecule has 3 amide bonds. The largest absolute Gasteiger partial charge is 0.488 e. The molecule has 20 nitrogen and oxygen atoms in total. The fourth-order valence-electron chi connectivity index (χ4n) is 14.1. The maximum absolute atomic E-state index is 11.8. The van der Waals surface area contributed by atoms with E-state index in [4.69, 9.17) is 28.9 Å². The van der Waals surface area contributed by atoms with Gasteiger partial charge in [-0.15, -0.1) is 0 Å². The molecular formula is C71H84BrN13O7. The van der Waals surface area contributed by atoms with Gasteiger partial charge in [0.05, 0.1) is 54.8 Å². The van der Waals surface area contributed by atoms with E-state index in [9.17, 15) is 14.4 Å². The second kappa shape index (κ2) is 26.0. The van der Waals surface area contributed by atoms with E-state index in [0.29, 0.717) is 63.1 Å². The summed E-state index contributed by atoms with van der Waals surface area (Å²) in [5.41, 5.74) is 13.2. The van der Waals surface area contributed by atoms with Crippen molar-refractivity contribution in [3.05, 3.63) is 108 Å². The number of halogens is 1. The molecule has 8 aromatic rings. The Labute approximate surface area is 545 Å². The third-order valence-electron chi connectivity index (χ3n) is 20.3. The van der Waals surface area contributed by atoms with Gasteiger partial charge in [0.15, 0.2) is 0 Å². The van der Waals surface area contributed by atoms with Gasteiger partial charge in [0, 0.05) is 143 Å². The molecule has 3 aliphatic carbocycles. The number of rotatable bonds is 17. The first kappa shape index (κ1) is 60.5. The minimum atomic E-state index is -0.0625. The number of fused-ring (bicyclic) bond motifs is 3. The number of imidazole rings is 3. The Morgan fingerprint density at radius 2 is 0.848 bits per heavy atom. The molecule has 5 aromatic carbocycles. The van der Waals surface area contributed by atoms with Crippen molar-refractivity contribution in [2.75, 3.05) is 95.0 Å². The first-order valence-corrected chi connectivity index (χ1v) is 34.4. The highest BCUT2D eigenvalue weighted by Gasteiger charge is 2.35. The molecule has 3 saturated carbocycles. The molecular weight excluding hydrogens is 1230 g/mol. The molecule has 6 aliphatic heterocycles. The number of piperazine rings is 2. The lowest BCUT2D eigenvalue weighted by atomic mass is 10.0. The molecule has 3 aromatic heterocycles. The minimum absolute atomic E-state index is 0.0148. The summed E-state index contributed by atoms with van der Waals surface area (Å²) < 4.78 is 32.5. The van der Waals surface area contributed by atoms with Crippen molar-refractivity contribution < 1.29 is 33.3 Å². The smallest absolute Gasteiger partial charge is 0.220 e. The molecule has 0 spiro atoms. The van der Waals surface area contributed by atoms with Gasteiger partial charge >= 0.3 is 0 Å². The predicted octanol–water partition coefficient (Wildman–Crippen LogP) is 9.85. The van der Waals surface area contributed by atoms with Crippen LogP contribution >= 0.6 is 15.9 Å². The van der Waals surface area contributed by atoms with Gasteiger partial charge in [-0.25, -0.2) is 15.0 Å². The summed E-state index contributed by atoms with van der Waals surface area (Å²) in [6.07, 6.45) is 14.5. The van der Waals surface area contributed by atoms with Crippen molar-refractivity contribution >= 4 is 78.1 Å². The number of amides is 3. The SMILES string of the molecule is C[C@@H](Oc1cc(-c2ccc(N3CCN(C4COC4)CC3)cc2)cc2ncn(C3CC3)c12)[C@H]1CNC(=O)C1.C[C@@H](Oc1cc(-c2ccc(N3CCNCC3)cc2)cc2ncn(C3CC3)c12)[C@H]1CNC(=O)C1.C[C@@H](Oc1cc(Br)cc2ncn(C3CC3)c12)[C@H]1CNC(=O)C1. The van der Waals surface area contributed by atoms with E-state index in [0.717, 1.165) is 143 Å². The van der Waals surface area contributed by atoms with Gasteiger partial charge in [0.25, 0.3) is 0 Å². The first-order valence-electron chi connectivity index (χ1n) is 33.6. The number of ether oxygens (including phenoxy) is 4. The molecule has 9 aliphatic rings. The summed E-state index contributed by atoms with van der Waals surface area (Å²) in [7, 11) is 0. The van der Waals surface area contributed by atoms with Crippen LogP contribution in [-0.2, 0) is 19.1 Å². The Hall–Kier alpha value is -7.72. The van der Waals surface area contributed by atoms with Crippen LogP contribution in [0.1, 0.15) is 96.7 Å². The van der Waals surface area contributed by atoms with Crippen LogP contribution < -0.4 is 45.3 Å². The number of carbonyl (C=O) groups is 3. The van der Waals surface area contributed by atoms with Crippen molar-refractivity contribution in [2.24, 2.45) is 17.8 Å². The third kappa shape index (κ3) is 13.2. The number of anilines is 2. The van der Waals surface area contributed by atoms with Crippen LogP contribution in [0.4, 0.5) is 11.4 Å². The number of benzene rings is 5. The van der Waals surface area contributed by atoms with Crippen molar-refractivity contribution in [1.29, 1.82) is 0 Å². The monoisotopic (exact) mass is 1310 g/mol. The van der Waals surface area contributed by atoms with E-state index in [1.54, 1.807) is 0 Å². The van der Waals surface area contributed by atoms with E-state index >= 15 is 0 Å². The van der Waals surface area contributed by atoms with Crippen LogP contribution in [0.2, 0.25) is 0 Å². The second-order valence-electron chi connectivity index (χ2n) is 26.9. The molecule has 0 unspecified atom stereocenters. The summed E-state index contributed by atoms with van der Waals surface area (Å²) >= 11 is 3.53. The van der Waals surface area contributed by atoms with Crippen molar-refractivity contribution in [3.63, 3.8) is 0 Å². The molecule has 6 saturated heterocycles. The zero-order valence-electron chi connectivity index (χ0n) is 52.9. The summed E-state index contributed by atoms with van der Waals surface area (Å²) in [5.74, 6) is 3.51. The van der Waals surface area contributed by atoms with E-state index in [2.05, 4.69) is 157 Å². The Morgan fingerprint density at radius 3 is 1.21 bits per heavy atom. The number of nitrogens with one attached hydrogen (secondary N) is 4. The highest BCUT2D eigenvalue weighted by molar-refractivity contribution is 9.10. The molecule has 0 radical (unpaired) electrons. The Morgan fingerprint density at radius 1 is 0.467 bits per heavy atom. The molecule has 9 heterocycles. The maximum atomic E-state index is 11.8. The van der Waals surface area contributed by atoms with Gasteiger partial charge in [-0.05, 0) is 142 Å². The van der Waals surface area contributed by atoms with Crippen LogP contribution in [0, 0.1) is 17.8 Å². The topological polar surface area (TPSA) is 199 Å². The minimum Gasteiger partial charge on any atom is -0.488 e. The van der Waals surface area contributed by atoms with Crippen LogP contribution in [0.5, 0.6) is 17.2 Å². The van der Waals surface area contributed by atoms with Gasteiger partial charge in [-0.3, -0.25) is 19.3 Å². The standard InChI is InChI=1S/C29H35N5O3.C26H31N5O2.C16H18BrN3O2/c1-19(22-14-28(35)30-15-22)37-27-13-21(12-26-29(27)34(18-31-26)24-6-7-24)20-2-4-23(5-3-20)32-8-10-33(11-9-32)25-16-36-17-25;1-17(20-14-25(32)28-15-20)33-24-13-19(12-23-26(24)31(16-29-23)22-6-7-22)18-2-4-21(5-3-18)30-10-8-27-9-11-30;1-9(10-4-15(21)18-7-10)22-14-6-11(17)5-13-16(14)20(8-19-13)12-2-3-12/h2-5,12-13,18-19,22,24-25H,6-11,14-17H2,1H3,(H,30,35);2-5,12-13,16-17,20,22,27H,6-11,14-15H2,1H3,(H,28,32);5-6,8-10,12H,2-4,7H2,1H3,(H,18,21)/t19-,22-;17-,20-;9-,10-/m111/s1. The lowest BCUT2D eigenvalue weighted by molar-refractivity contribution is -0.120. The number of nitrogens with zero attached hydrogens (tertiary/aromatic N) is 9. The molecule has 92 heavy (non-hydrogen) atoms. The molecule has 0 bridgehead atoms. The Bertz CT molecular complexity index is 3990. The highest BCUT2D eigenvalue weighted by atomic mass is 79.9. The van der Waals surface area contributed by atoms with Crippen molar-refractivity contribution in [2.45, 2.75) is 121 Å². The van der Waals surface area contributed by atoms with Crippen LogP contribution in [0.15, 0.2) is 108 Å². The molecule has 482 valence electrons. The second-order valence-corrected chi connectivity index (χ2v) is 27.8. The van der Waals surface area contributed by atoms with E-state index in [-0.39, 0.29) is 53.8 Å². The average molecular weight is 1310 g/mol.